The van der Waals surface area contributed by atoms with Crippen LogP contribution in [0.4, 0.5) is 0 Å². The maximum absolute atomic E-state index is 13.4. The van der Waals surface area contributed by atoms with Crippen molar-refractivity contribution in [2.45, 2.75) is 0 Å². The Balaban J connectivity index is 2.33. The molecule has 0 bridgehead atoms. The van der Waals surface area contributed by atoms with Crippen LogP contribution >= 0.6 is 23.3 Å². The van der Waals surface area contributed by atoms with Gasteiger partial charge in [-0.15, -0.1) is 0 Å². The van der Waals surface area contributed by atoms with Crippen molar-refractivity contribution in [1.29, 1.82) is 0 Å². The molecule has 0 saturated heterocycles. The molecule has 1 atom stereocenters. The molecule has 0 radical (unpaired) electrons. The molecular formula is C16H19BrNO3P. The van der Waals surface area contributed by atoms with E-state index in [2.05, 4.69) is 15.9 Å². The lowest BCUT2D eigenvalue weighted by molar-refractivity contribution is 0.414. The van der Waals surface area contributed by atoms with E-state index < -0.39 is 7.37 Å². The topological polar surface area (TPSA) is 38.8 Å². The molecule has 0 spiro atoms. The third kappa shape index (κ3) is 4.35. The van der Waals surface area contributed by atoms with Gasteiger partial charge in [-0.05, 0) is 62.6 Å². The SMILES string of the molecule is COc1ccc(P(=O)(CN(C)C)Oc2ccc(Br)cc2)cc1. The largest absolute Gasteiger partial charge is 0.497 e. The van der Waals surface area contributed by atoms with Crippen LogP contribution in [-0.4, -0.2) is 32.4 Å². The van der Waals surface area contributed by atoms with E-state index in [9.17, 15) is 4.57 Å². The highest BCUT2D eigenvalue weighted by Gasteiger charge is 2.28. The first kappa shape index (κ1) is 17.1. The van der Waals surface area contributed by atoms with Crippen molar-refractivity contribution in [3.63, 3.8) is 0 Å². The zero-order chi connectivity index (χ0) is 16.2. The predicted octanol–water partition coefficient (Wildman–Crippen LogP) is 3.96. The van der Waals surface area contributed by atoms with Gasteiger partial charge in [0.2, 0.25) is 0 Å². The number of benzene rings is 2. The highest BCUT2D eigenvalue weighted by atomic mass is 79.9. The summed E-state index contributed by atoms with van der Waals surface area (Å²) < 4.78 is 25.3. The lowest BCUT2D eigenvalue weighted by Gasteiger charge is -2.23. The van der Waals surface area contributed by atoms with Crippen molar-refractivity contribution in [2.75, 3.05) is 27.5 Å². The van der Waals surface area contributed by atoms with Crippen LogP contribution in [0.25, 0.3) is 0 Å². The summed E-state index contributed by atoms with van der Waals surface area (Å²) in [7, 11) is 2.32. The van der Waals surface area contributed by atoms with E-state index in [1.165, 1.54) is 0 Å². The lowest BCUT2D eigenvalue weighted by atomic mass is 10.3. The number of hydrogen-bond acceptors (Lipinski definition) is 4. The first-order valence-corrected chi connectivity index (χ1v) is 9.37. The van der Waals surface area contributed by atoms with Gasteiger partial charge < -0.3 is 9.26 Å². The van der Waals surface area contributed by atoms with Crippen LogP contribution in [-0.2, 0) is 4.57 Å². The van der Waals surface area contributed by atoms with Crippen LogP contribution in [0.5, 0.6) is 11.5 Å². The number of rotatable bonds is 6. The van der Waals surface area contributed by atoms with Gasteiger partial charge in [0, 0.05) is 9.78 Å². The fourth-order valence-electron chi connectivity index (χ4n) is 2.01. The second-order valence-corrected chi connectivity index (χ2v) is 8.38. The van der Waals surface area contributed by atoms with Gasteiger partial charge in [0.15, 0.2) is 0 Å². The van der Waals surface area contributed by atoms with Crippen molar-refractivity contribution >= 4 is 28.6 Å². The van der Waals surface area contributed by atoms with E-state index in [1.54, 1.807) is 43.5 Å². The van der Waals surface area contributed by atoms with Crippen LogP contribution in [0.15, 0.2) is 53.0 Å². The maximum atomic E-state index is 13.4. The molecule has 2 aromatic carbocycles. The third-order valence-electron chi connectivity index (χ3n) is 3.00. The van der Waals surface area contributed by atoms with Crippen molar-refractivity contribution in [3.8, 4) is 11.5 Å². The van der Waals surface area contributed by atoms with Gasteiger partial charge in [0.25, 0.3) is 7.37 Å². The molecule has 0 fully saturated rings. The van der Waals surface area contributed by atoms with Crippen molar-refractivity contribution in [1.82, 2.24) is 4.90 Å². The molecular weight excluding hydrogens is 365 g/mol. The molecule has 0 aromatic heterocycles. The molecule has 118 valence electrons. The smallest absolute Gasteiger partial charge is 0.290 e. The van der Waals surface area contributed by atoms with Gasteiger partial charge in [-0.1, -0.05) is 15.9 Å². The van der Waals surface area contributed by atoms with Gasteiger partial charge in [0.05, 0.1) is 13.4 Å². The van der Waals surface area contributed by atoms with E-state index in [0.29, 0.717) is 17.3 Å². The molecule has 6 heteroatoms. The zero-order valence-corrected chi connectivity index (χ0v) is 15.3. The average Bonchev–Trinajstić information content (AvgIpc) is 2.49. The van der Waals surface area contributed by atoms with Crippen molar-refractivity contribution < 1.29 is 13.8 Å². The van der Waals surface area contributed by atoms with Crippen LogP contribution in [0.1, 0.15) is 0 Å². The summed E-state index contributed by atoms with van der Waals surface area (Å²) in [4.78, 5) is 1.86. The number of methoxy groups -OCH3 is 1. The first-order valence-electron chi connectivity index (χ1n) is 6.76. The summed E-state index contributed by atoms with van der Waals surface area (Å²) >= 11 is 3.38. The number of hydrogen-bond donors (Lipinski definition) is 0. The monoisotopic (exact) mass is 383 g/mol. The van der Waals surface area contributed by atoms with Gasteiger partial charge >= 0.3 is 0 Å². The third-order valence-corrected chi connectivity index (χ3v) is 6.06. The summed E-state index contributed by atoms with van der Waals surface area (Å²) in [5, 5.41) is 0.671. The maximum Gasteiger partial charge on any atom is 0.290 e. The minimum Gasteiger partial charge on any atom is -0.497 e. The minimum absolute atomic E-state index is 0.329. The van der Waals surface area contributed by atoms with Gasteiger partial charge in [-0.3, -0.25) is 9.46 Å². The first-order chi connectivity index (χ1) is 10.4. The highest BCUT2D eigenvalue weighted by molar-refractivity contribution is 9.10. The average molecular weight is 384 g/mol. The standard InChI is InChI=1S/C16H19BrNO3P/c1-18(2)12-22(19,16-10-8-14(20-3)9-11-16)21-15-6-4-13(17)5-7-15/h4-11H,12H2,1-3H3. The zero-order valence-electron chi connectivity index (χ0n) is 12.8. The quantitative estimate of drug-likeness (QED) is 0.707. The van der Waals surface area contributed by atoms with Crippen LogP contribution in [0, 0.1) is 0 Å². The summed E-state index contributed by atoms with van der Waals surface area (Å²) in [6, 6.07) is 14.5. The van der Waals surface area contributed by atoms with Crippen LogP contribution < -0.4 is 14.6 Å². The lowest BCUT2D eigenvalue weighted by Crippen LogP contribution is -2.22. The Bertz CT molecular complexity index is 656. The number of halogens is 1. The minimum atomic E-state index is -3.04. The molecule has 0 amide bonds. The Kier molecular flexibility index (Phi) is 5.68. The molecule has 0 aliphatic rings. The molecule has 0 N–H and O–H groups in total. The van der Waals surface area contributed by atoms with E-state index >= 15 is 0 Å². The fraction of sp³-hybridized carbons (Fsp3) is 0.250. The van der Waals surface area contributed by atoms with Gasteiger partial charge in [-0.2, -0.15) is 0 Å². The molecule has 0 aliphatic heterocycles. The Morgan fingerprint density at radius 2 is 1.55 bits per heavy atom. The summed E-state index contributed by atoms with van der Waals surface area (Å²) in [6.07, 6.45) is 0.329. The summed E-state index contributed by atoms with van der Waals surface area (Å²) in [5.74, 6) is 1.31. The Morgan fingerprint density at radius 1 is 1.00 bits per heavy atom. The summed E-state index contributed by atoms with van der Waals surface area (Å²) in [5.41, 5.74) is 0. The highest BCUT2D eigenvalue weighted by Crippen LogP contribution is 2.46. The molecule has 0 heterocycles. The summed E-state index contributed by atoms with van der Waals surface area (Å²) in [6.45, 7) is 0. The Labute approximate surface area is 139 Å². The second-order valence-electron chi connectivity index (χ2n) is 5.14. The second kappa shape index (κ2) is 7.32. The molecule has 22 heavy (non-hydrogen) atoms. The predicted molar refractivity (Wildman–Crippen MR) is 93.6 cm³/mol. The van der Waals surface area contributed by atoms with Crippen molar-refractivity contribution in [3.05, 3.63) is 53.0 Å². The van der Waals surface area contributed by atoms with Gasteiger partial charge in [-0.25, -0.2) is 0 Å². The van der Waals surface area contributed by atoms with E-state index in [4.69, 9.17) is 9.26 Å². The van der Waals surface area contributed by atoms with E-state index in [0.717, 1.165) is 10.2 Å². The van der Waals surface area contributed by atoms with Crippen molar-refractivity contribution in [2.24, 2.45) is 0 Å². The Morgan fingerprint density at radius 3 is 2.05 bits per heavy atom. The molecule has 0 aliphatic carbocycles. The molecule has 2 aromatic rings. The van der Waals surface area contributed by atoms with Gasteiger partial charge in [0.1, 0.15) is 11.5 Å². The molecule has 0 saturated carbocycles. The van der Waals surface area contributed by atoms with E-state index in [1.807, 2.05) is 31.1 Å². The number of ether oxygens (including phenoxy) is 1. The molecule has 2 rings (SSSR count). The normalized spacial score (nSPS) is 13.7. The number of nitrogens with zero attached hydrogens (tertiary/aromatic N) is 1. The van der Waals surface area contributed by atoms with Crippen LogP contribution in [0.3, 0.4) is 0 Å². The molecule has 4 nitrogen and oxygen atoms in total. The Hall–Kier alpha value is -1.29. The van der Waals surface area contributed by atoms with Crippen LogP contribution in [0.2, 0.25) is 0 Å². The van der Waals surface area contributed by atoms with E-state index in [-0.39, 0.29) is 0 Å². The molecule has 1 unspecified atom stereocenters. The fourth-order valence-corrected chi connectivity index (χ4v) is 4.41.